The zero-order valence-corrected chi connectivity index (χ0v) is 17.5. The van der Waals surface area contributed by atoms with Gasteiger partial charge in [0.05, 0.1) is 4.75 Å². The Morgan fingerprint density at radius 1 is 1.31 bits per heavy atom. The summed E-state index contributed by atoms with van der Waals surface area (Å²) in [5, 5.41) is 0. The van der Waals surface area contributed by atoms with Crippen molar-refractivity contribution in [2.45, 2.75) is 76.9 Å². The van der Waals surface area contributed by atoms with Gasteiger partial charge in [-0.15, -0.1) is 18.2 Å². The van der Waals surface area contributed by atoms with E-state index in [4.69, 9.17) is 6.42 Å². The zero-order chi connectivity index (χ0) is 18.5. The molecule has 0 radical (unpaired) electrons. The van der Waals surface area contributed by atoms with Crippen LogP contribution in [0.1, 0.15) is 72.1 Å². The van der Waals surface area contributed by atoms with Crippen LogP contribution in [-0.2, 0) is 4.79 Å². The third-order valence-corrected chi connectivity index (χ3v) is 10.4. The summed E-state index contributed by atoms with van der Waals surface area (Å²) in [7, 11) is 0. The minimum absolute atomic E-state index is 0.0526. The monoisotopic (exact) mass is 370 g/mol. The molecule has 0 aromatic carbocycles. The van der Waals surface area contributed by atoms with Gasteiger partial charge in [0.15, 0.2) is 5.78 Å². The molecule has 0 aliphatic heterocycles. The van der Waals surface area contributed by atoms with Crippen molar-refractivity contribution in [3.05, 3.63) is 11.6 Å². The van der Waals surface area contributed by atoms with Gasteiger partial charge in [0.25, 0.3) is 0 Å². The Morgan fingerprint density at radius 2 is 2.12 bits per heavy atom. The lowest BCUT2D eigenvalue weighted by atomic mass is 9.49. The lowest BCUT2D eigenvalue weighted by Crippen LogP contribution is -2.53. The molecule has 2 heteroatoms. The number of allylic oxidation sites excluding steroid dienone is 1. The molecule has 0 aromatic heterocycles. The van der Waals surface area contributed by atoms with Crippen molar-refractivity contribution in [3.63, 3.8) is 0 Å². The van der Waals surface area contributed by atoms with Gasteiger partial charge < -0.3 is 0 Å². The van der Waals surface area contributed by atoms with Gasteiger partial charge in [-0.1, -0.05) is 32.3 Å². The molecule has 0 aromatic rings. The Bertz CT molecular complexity index is 658. The summed E-state index contributed by atoms with van der Waals surface area (Å²) in [5.41, 5.74) is 1.78. The average Bonchev–Trinajstić information content (AvgIpc) is 2.92. The number of hydrogen-bond acceptors (Lipinski definition) is 2. The smallest absolute Gasteiger partial charge is 0.155 e. The van der Waals surface area contributed by atoms with Crippen LogP contribution in [0.3, 0.4) is 0 Å². The van der Waals surface area contributed by atoms with Crippen molar-refractivity contribution in [1.29, 1.82) is 0 Å². The Hall–Kier alpha value is -0.680. The Labute approximate surface area is 164 Å². The summed E-state index contributed by atoms with van der Waals surface area (Å²) in [6.07, 6.45) is 17.6. The van der Waals surface area contributed by atoms with Gasteiger partial charge in [-0.25, -0.2) is 0 Å². The van der Waals surface area contributed by atoms with E-state index in [0.717, 1.165) is 37.0 Å². The van der Waals surface area contributed by atoms with Crippen LogP contribution in [0.15, 0.2) is 11.6 Å². The summed E-state index contributed by atoms with van der Waals surface area (Å²) in [4.78, 5) is 11.9. The topological polar surface area (TPSA) is 17.1 Å². The molecule has 0 bridgehead atoms. The highest BCUT2D eigenvalue weighted by atomic mass is 32.2. The minimum atomic E-state index is 0.0526. The number of ketones is 1. The van der Waals surface area contributed by atoms with Crippen LogP contribution in [-0.4, -0.2) is 16.3 Å². The van der Waals surface area contributed by atoms with Gasteiger partial charge in [-0.2, -0.15) is 0 Å². The molecular formula is C24H34OS. The lowest BCUT2D eigenvalue weighted by molar-refractivity contribution is -0.116. The molecule has 142 valence electrons. The molecule has 4 aliphatic rings. The maximum Gasteiger partial charge on any atom is 0.155 e. The Kier molecular flexibility index (Phi) is 4.84. The van der Waals surface area contributed by atoms with Gasteiger partial charge in [0.2, 0.25) is 0 Å². The predicted molar refractivity (Wildman–Crippen MR) is 111 cm³/mol. The fraction of sp³-hybridized carbons (Fsp3) is 0.792. The molecule has 3 fully saturated rings. The molecule has 0 spiro atoms. The molecule has 3 saturated carbocycles. The summed E-state index contributed by atoms with van der Waals surface area (Å²) in [5.74, 6) is 8.64. The van der Waals surface area contributed by atoms with Crippen molar-refractivity contribution >= 4 is 17.5 Å². The number of hydrogen-bond donors (Lipinski definition) is 0. The van der Waals surface area contributed by atoms with Crippen molar-refractivity contribution in [1.82, 2.24) is 0 Å². The third kappa shape index (κ3) is 2.56. The highest BCUT2D eigenvalue weighted by molar-refractivity contribution is 8.00. The van der Waals surface area contributed by atoms with E-state index >= 15 is 0 Å². The van der Waals surface area contributed by atoms with Crippen LogP contribution in [0, 0.1) is 47.3 Å². The molecule has 4 aliphatic carbocycles. The van der Waals surface area contributed by atoms with Crippen molar-refractivity contribution in [3.8, 4) is 12.3 Å². The van der Waals surface area contributed by atoms with Crippen molar-refractivity contribution < 1.29 is 4.79 Å². The minimum Gasteiger partial charge on any atom is -0.295 e. The molecule has 26 heavy (non-hydrogen) atoms. The maximum absolute atomic E-state index is 11.9. The summed E-state index contributed by atoms with van der Waals surface area (Å²) in [6.45, 7) is 7.25. The fourth-order valence-corrected chi connectivity index (χ4v) is 8.86. The van der Waals surface area contributed by atoms with Crippen LogP contribution in [0.5, 0.6) is 0 Å². The van der Waals surface area contributed by atoms with Gasteiger partial charge >= 0.3 is 0 Å². The van der Waals surface area contributed by atoms with Crippen molar-refractivity contribution in [2.75, 3.05) is 5.75 Å². The van der Waals surface area contributed by atoms with Crippen LogP contribution in [0.2, 0.25) is 0 Å². The zero-order valence-electron chi connectivity index (χ0n) is 16.7. The highest BCUT2D eigenvalue weighted by Crippen LogP contribution is 2.68. The average molecular weight is 371 g/mol. The van der Waals surface area contributed by atoms with E-state index in [-0.39, 0.29) is 4.75 Å². The number of rotatable bonds is 3. The molecule has 7 atom stereocenters. The predicted octanol–water partition coefficient (Wildman–Crippen LogP) is 5.89. The second-order valence-electron chi connectivity index (χ2n) is 9.67. The number of fused-ring (bicyclic) bond motifs is 5. The molecule has 5 unspecified atom stereocenters. The van der Waals surface area contributed by atoms with E-state index in [1.807, 2.05) is 6.08 Å². The first-order valence-electron chi connectivity index (χ1n) is 10.8. The molecule has 0 saturated heterocycles. The summed E-state index contributed by atoms with van der Waals surface area (Å²) >= 11 is 2.09. The van der Waals surface area contributed by atoms with E-state index < -0.39 is 0 Å². The van der Waals surface area contributed by atoms with Gasteiger partial charge in [0, 0.05) is 6.42 Å². The van der Waals surface area contributed by atoms with E-state index in [1.165, 1.54) is 43.4 Å². The van der Waals surface area contributed by atoms with E-state index in [1.54, 1.807) is 0 Å². The second kappa shape index (κ2) is 6.73. The van der Waals surface area contributed by atoms with E-state index in [0.29, 0.717) is 23.0 Å². The Balaban J connectivity index is 1.66. The van der Waals surface area contributed by atoms with Crippen LogP contribution in [0.4, 0.5) is 0 Å². The highest BCUT2D eigenvalue weighted by Gasteiger charge is 2.63. The maximum atomic E-state index is 11.9. The first-order valence-corrected chi connectivity index (χ1v) is 11.8. The van der Waals surface area contributed by atoms with Crippen LogP contribution < -0.4 is 0 Å². The van der Waals surface area contributed by atoms with Gasteiger partial charge in [0.1, 0.15) is 0 Å². The SMILES string of the molecule is C#C[C@@]1(SCCC)CCC2C3C(C)CC4=CC(=O)CCC4C3CC[C@@]21C. The lowest BCUT2D eigenvalue weighted by Gasteiger charge is -2.57. The number of carbonyl (C=O) groups excluding carboxylic acids is 1. The van der Waals surface area contributed by atoms with Crippen molar-refractivity contribution in [2.24, 2.45) is 35.0 Å². The molecule has 0 N–H and O–H groups in total. The number of terminal acetylenes is 1. The third-order valence-electron chi connectivity index (χ3n) is 8.55. The van der Waals surface area contributed by atoms with Crippen LogP contribution >= 0.6 is 11.8 Å². The number of carbonyl (C=O) groups is 1. The van der Waals surface area contributed by atoms with Gasteiger partial charge in [-0.05, 0) is 91.8 Å². The quantitative estimate of drug-likeness (QED) is 0.576. The molecule has 4 rings (SSSR count). The first kappa shape index (κ1) is 18.7. The summed E-state index contributed by atoms with van der Waals surface area (Å²) in [6, 6.07) is 0. The molecule has 0 amide bonds. The molecule has 1 nitrogen and oxygen atoms in total. The van der Waals surface area contributed by atoms with E-state index in [2.05, 4.69) is 38.5 Å². The standard InChI is InChI=1S/C24H34OS/c1-5-13-26-24(6-2)12-10-21-22-16(3)14-17-15-18(25)7-8-19(17)20(22)9-11-23(21,24)4/h2,15-16,19-22H,5,7-14H2,1,3-4H3/t16?,19?,20?,21?,22?,23-,24+/m0/s1. The molecule has 0 heterocycles. The van der Waals surface area contributed by atoms with Gasteiger partial charge in [-0.3, -0.25) is 4.79 Å². The summed E-state index contributed by atoms with van der Waals surface area (Å²) < 4.78 is 0.0526. The molecular weight excluding hydrogens is 336 g/mol. The largest absolute Gasteiger partial charge is 0.295 e. The van der Waals surface area contributed by atoms with E-state index in [9.17, 15) is 4.79 Å². The normalized spacial score (nSPS) is 47.4. The van der Waals surface area contributed by atoms with Crippen LogP contribution in [0.25, 0.3) is 0 Å². The fourth-order valence-electron chi connectivity index (χ4n) is 7.38. The Morgan fingerprint density at radius 3 is 2.85 bits per heavy atom. The second-order valence-corrected chi connectivity index (χ2v) is 11.1. The number of thioether (sulfide) groups is 1. The first-order chi connectivity index (χ1) is 12.5.